The fourth-order valence-electron chi connectivity index (χ4n) is 3.04. The third-order valence-corrected chi connectivity index (χ3v) is 4.40. The highest BCUT2D eigenvalue weighted by Crippen LogP contribution is 2.24. The first-order valence-electron chi connectivity index (χ1n) is 8.04. The molecule has 114 valence electrons. The van der Waals surface area contributed by atoms with Crippen LogP contribution in [-0.2, 0) is 4.74 Å². The summed E-state index contributed by atoms with van der Waals surface area (Å²) in [5, 5.41) is 3.71. The average Bonchev–Trinajstić information content (AvgIpc) is 2.38. The van der Waals surface area contributed by atoms with Crippen molar-refractivity contribution in [3.05, 3.63) is 0 Å². The molecule has 1 aliphatic rings. The predicted octanol–water partition coefficient (Wildman–Crippen LogP) is 2.90. The first-order chi connectivity index (χ1) is 8.98. The zero-order valence-electron chi connectivity index (χ0n) is 13.7. The number of nitrogens with one attached hydrogen (secondary N) is 1. The van der Waals surface area contributed by atoms with Crippen LogP contribution in [0.2, 0.25) is 0 Å². The van der Waals surface area contributed by atoms with Gasteiger partial charge in [-0.3, -0.25) is 4.90 Å². The lowest BCUT2D eigenvalue weighted by molar-refractivity contribution is -0.0245. The van der Waals surface area contributed by atoms with Gasteiger partial charge in [0.2, 0.25) is 0 Å². The minimum Gasteiger partial charge on any atom is -0.379 e. The zero-order chi connectivity index (χ0) is 14.3. The molecule has 1 N–H and O–H groups in total. The van der Waals surface area contributed by atoms with Crippen LogP contribution in [0.3, 0.4) is 0 Å². The van der Waals surface area contributed by atoms with E-state index in [2.05, 4.69) is 44.8 Å². The van der Waals surface area contributed by atoms with Gasteiger partial charge >= 0.3 is 0 Å². The van der Waals surface area contributed by atoms with Crippen LogP contribution in [0.4, 0.5) is 0 Å². The summed E-state index contributed by atoms with van der Waals surface area (Å²) in [4.78, 5) is 2.60. The number of hydrogen-bond donors (Lipinski definition) is 1. The molecule has 1 aliphatic heterocycles. The Morgan fingerprint density at radius 1 is 1.16 bits per heavy atom. The van der Waals surface area contributed by atoms with E-state index in [9.17, 15) is 0 Å². The molecule has 1 rings (SSSR count). The minimum absolute atomic E-state index is 0.219. The van der Waals surface area contributed by atoms with Crippen LogP contribution in [0, 0.1) is 5.92 Å². The van der Waals surface area contributed by atoms with Crippen molar-refractivity contribution in [1.29, 1.82) is 0 Å². The summed E-state index contributed by atoms with van der Waals surface area (Å²) < 4.78 is 5.49. The van der Waals surface area contributed by atoms with E-state index in [0.29, 0.717) is 6.04 Å². The normalized spacial score (nSPS) is 19.9. The molecule has 19 heavy (non-hydrogen) atoms. The molecular weight excluding hydrogens is 236 g/mol. The minimum atomic E-state index is 0.219. The second-order valence-electron chi connectivity index (χ2n) is 6.69. The van der Waals surface area contributed by atoms with E-state index in [0.717, 1.165) is 38.8 Å². The predicted molar refractivity (Wildman–Crippen MR) is 82.6 cm³/mol. The first-order valence-corrected chi connectivity index (χ1v) is 8.04. The summed E-state index contributed by atoms with van der Waals surface area (Å²) in [6, 6.07) is 0.578. The van der Waals surface area contributed by atoms with Crippen molar-refractivity contribution in [2.45, 2.75) is 65.5 Å². The SMILES string of the molecule is CCNC(CCCC(C)C)C(C)(C)N1CCOCC1. The summed E-state index contributed by atoms with van der Waals surface area (Å²) in [6.45, 7) is 16.6. The monoisotopic (exact) mass is 270 g/mol. The maximum atomic E-state index is 5.49. The first kappa shape index (κ1) is 16.9. The number of hydrogen-bond acceptors (Lipinski definition) is 3. The molecule has 0 aromatic carbocycles. The van der Waals surface area contributed by atoms with E-state index >= 15 is 0 Å². The zero-order valence-corrected chi connectivity index (χ0v) is 13.7. The Bertz CT molecular complexity index is 235. The number of likely N-dealkylation sites (N-methyl/N-ethyl adjacent to an activating group) is 1. The molecule has 3 heteroatoms. The summed E-state index contributed by atoms with van der Waals surface area (Å²) in [5.74, 6) is 0.814. The number of nitrogens with zero attached hydrogens (tertiary/aromatic N) is 1. The molecule has 0 bridgehead atoms. The lowest BCUT2D eigenvalue weighted by Gasteiger charge is -2.46. The van der Waals surface area contributed by atoms with Gasteiger partial charge in [0.1, 0.15) is 0 Å². The third kappa shape index (κ3) is 5.41. The van der Waals surface area contributed by atoms with E-state index in [4.69, 9.17) is 4.74 Å². The number of morpholine rings is 1. The molecule has 1 atom stereocenters. The van der Waals surface area contributed by atoms with Crippen molar-refractivity contribution in [3.63, 3.8) is 0 Å². The second-order valence-corrected chi connectivity index (χ2v) is 6.69. The van der Waals surface area contributed by atoms with Gasteiger partial charge in [0, 0.05) is 24.7 Å². The molecule has 0 spiro atoms. The molecule has 0 amide bonds. The Labute approximate surface area is 120 Å². The summed E-state index contributed by atoms with van der Waals surface area (Å²) >= 11 is 0. The molecule has 1 unspecified atom stereocenters. The van der Waals surface area contributed by atoms with Crippen LogP contribution in [-0.4, -0.2) is 49.3 Å². The summed E-state index contributed by atoms with van der Waals surface area (Å²) in [7, 11) is 0. The smallest absolute Gasteiger partial charge is 0.0594 e. The van der Waals surface area contributed by atoms with Gasteiger partial charge < -0.3 is 10.1 Å². The highest BCUT2D eigenvalue weighted by atomic mass is 16.5. The van der Waals surface area contributed by atoms with Crippen molar-refractivity contribution in [3.8, 4) is 0 Å². The van der Waals surface area contributed by atoms with Crippen molar-refractivity contribution in [2.75, 3.05) is 32.8 Å². The van der Waals surface area contributed by atoms with Crippen molar-refractivity contribution in [1.82, 2.24) is 10.2 Å². The lowest BCUT2D eigenvalue weighted by Crippen LogP contribution is -2.60. The van der Waals surface area contributed by atoms with Gasteiger partial charge in [-0.15, -0.1) is 0 Å². The number of rotatable bonds is 8. The fourth-order valence-corrected chi connectivity index (χ4v) is 3.04. The van der Waals surface area contributed by atoms with Crippen molar-refractivity contribution in [2.24, 2.45) is 5.92 Å². The molecule has 0 aliphatic carbocycles. The van der Waals surface area contributed by atoms with Crippen LogP contribution in [0.5, 0.6) is 0 Å². The van der Waals surface area contributed by atoms with Gasteiger partial charge in [0.25, 0.3) is 0 Å². The van der Waals surface area contributed by atoms with E-state index in [1.54, 1.807) is 0 Å². The fraction of sp³-hybridized carbons (Fsp3) is 1.00. The lowest BCUT2D eigenvalue weighted by atomic mass is 9.87. The van der Waals surface area contributed by atoms with Gasteiger partial charge in [-0.05, 0) is 32.7 Å². The Morgan fingerprint density at radius 3 is 2.32 bits per heavy atom. The molecule has 0 radical (unpaired) electrons. The van der Waals surface area contributed by atoms with Crippen molar-refractivity contribution < 1.29 is 4.74 Å². The highest BCUT2D eigenvalue weighted by Gasteiger charge is 2.35. The van der Waals surface area contributed by atoms with Crippen LogP contribution >= 0.6 is 0 Å². The molecule has 0 aromatic heterocycles. The molecule has 1 saturated heterocycles. The maximum Gasteiger partial charge on any atom is 0.0594 e. The highest BCUT2D eigenvalue weighted by molar-refractivity contribution is 4.94. The Balaban J connectivity index is 2.55. The second kappa shape index (κ2) is 8.23. The molecular formula is C16H34N2O. The van der Waals surface area contributed by atoms with Crippen LogP contribution in [0.25, 0.3) is 0 Å². The van der Waals surface area contributed by atoms with E-state index in [1.165, 1.54) is 19.3 Å². The molecule has 0 saturated carbocycles. The van der Waals surface area contributed by atoms with Crippen molar-refractivity contribution >= 4 is 0 Å². The van der Waals surface area contributed by atoms with Crippen LogP contribution in [0.15, 0.2) is 0 Å². The Hall–Kier alpha value is -0.120. The standard InChI is InChI=1S/C16H34N2O/c1-6-17-15(9-7-8-14(2)3)16(4,5)18-10-12-19-13-11-18/h14-15,17H,6-13H2,1-5H3. The van der Waals surface area contributed by atoms with E-state index in [-0.39, 0.29) is 5.54 Å². The van der Waals surface area contributed by atoms with E-state index in [1.807, 2.05) is 0 Å². The Kier molecular flexibility index (Phi) is 7.33. The van der Waals surface area contributed by atoms with Crippen LogP contribution in [0.1, 0.15) is 53.9 Å². The largest absolute Gasteiger partial charge is 0.379 e. The van der Waals surface area contributed by atoms with Gasteiger partial charge in [-0.25, -0.2) is 0 Å². The third-order valence-electron chi connectivity index (χ3n) is 4.40. The average molecular weight is 270 g/mol. The molecule has 1 fully saturated rings. The van der Waals surface area contributed by atoms with E-state index < -0.39 is 0 Å². The van der Waals surface area contributed by atoms with Gasteiger partial charge in [0.05, 0.1) is 13.2 Å². The molecule has 3 nitrogen and oxygen atoms in total. The van der Waals surface area contributed by atoms with Gasteiger partial charge in [-0.2, -0.15) is 0 Å². The number of ether oxygens (including phenoxy) is 1. The summed E-state index contributed by atoms with van der Waals surface area (Å²) in [5.41, 5.74) is 0.219. The maximum absolute atomic E-state index is 5.49. The summed E-state index contributed by atoms with van der Waals surface area (Å²) in [6.07, 6.45) is 3.93. The topological polar surface area (TPSA) is 24.5 Å². The quantitative estimate of drug-likeness (QED) is 0.734. The van der Waals surface area contributed by atoms with Gasteiger partial charge in [-0.1, -0.05) is 33.6 Å². The Morgan fingerprint density at radius 2 is 1.79 bits per heavy atom. The van der Waals surface area contributed by atoms with Crippen LogP contribution < -0.4 is 5.32 Å². The van der Waals surface area contributed by atoms with Gasteiger partial charge in [0.15, 0.2) is 0 Å². The molecule has 0 aromatic rings. The molecule has 1 heterocycles.